The lowest BCUT2D eigenvalue weighted by molar-refractivity contribution is -0.384. The predicted molar refractivity (Wildman–Crippen MR) is 76.2 cm³/mol. The topological polar surface area (TPSA) is 75.4 Å². The van der Waals surface area contributed by atoms with Gasteiger partial charge in [-0.25, -0.2) is 4.39 Å². The molecule has 2 aromatic carbocycles. The van der Waals surface area contributed by atoms with E-state index in [2.05, 4.69) is 21.2 Å². The molecule has 2 N–H and O–H groups in total. The molecule has 2 rings (SSSR count). The van der Waals surface area contributed by atoms with Crippen LogP contribution in [-0.2, 0) is 6.54 Å². The van der Waals surface area contributed by atoms with Gasteiger partial charge in [0.2, 0.25) is 0 Å². The molecule has 104 valence electrons. The summed E-state index contributed by atoms with van der Waals surface area (Å²) in [6, 6.07) is 8.07. The Balaban J connectivity index is 2.12. The first-order valence-electron chi connectivity index (χ1n) is 5.62. The number of phenolic OH excluding ortho intramolecular Hbond substituents is 1. The first-order chi connectivity index (χ1) is 9.45. The van der Waals surface area contributed by atoms with Crippen molar-refractivity contribution in [3.05, 3.63) is 62.4 Å². The second kappa shape index (κ2) is 5.87. The molecule has 0 aliphatic heterocycles. The smallest absolute Gasteiger partial charge is 0.270 e. The highest BCUT2D eigenvalue weighted by Gasteiger charge is 2.09. The van der Waals surface area contributed by atoms with Crippen molar-refractivity contribution < 1.29 is 14.4 Å². The summed E-state index contributed by atoms with van der Waals surface area (Å²) in [6.07, 6.45) is 0. The fraction of sp³-hybridized carbons (Fsp3) is 0.0769. The van der Waals surface area contributed by atoms with Gasteiger partial charge in [0.1, 0.15) is 11.6 Å². The molecule has 0 heterocycles. The van der Waals surface area contributed by atoms with E-state index in [1.54, 1.807) is 6.07 Å². The van der Waals surface area contributed by atoms with Gasteiger partial charge < -0.3 is 10.4 Å². The van der Waals surface area contributed by atoms with Crippen molar-refractivity contribution in [1.82, 2.24) is 0 Å². The van der Waals surface area contributed by atoms with E-state index in [0.717, 1.165) is 6.07 Å². The van der Waals surface area contributed by atoms with E-state index in [9.17, 15) is 19.6 Å². The Morgan fingerprint density at radius 3 is 2.65 bits per heavy atom. The Hall–Kier alpha value is -2.15. The second-order valence-electron chi connectivity index (χ2n) is 4.09. The third-order valence-corrected chi connectivity index (χ3v) is 3.24. The Kier molecular flexibility index (Phi) is 4.19. The van der Waals surface area contributed by atoms with Gasteiger partial charge in [0.05, 0.1) is 4.92 Å². The largest absolute Gasteiger partial charge is 0.508 e. The van der Waals surface area contributed by atoms with E-state index < -0.39 is 10.7 Å². The summed E-state index contributed by atoms with van der Waals surface area (Å²) >= 11 is 3.23. The fourth-order valence-corrected chi connectivity index (χ4v) is 2.20. The Labute approximate surface area is 122 Å². The molecular formula is C13H10BrFN2O3. The van der Waals surface area contributed by atoms with E-state index in [1.807, 2.05) is 0 Å². The first kappa shape index (κ1) is 14.3. The van der Waals surface area contributed by atoms with Crippen LogP contribution in [0.5, 0.6) is 5.75 Å². The molecule has 0 aliphatic carbocycles. The number of benzene rings is 2. The average Bonchev–Trinajstić information content (AvgIpc) is 2.36. The van der Waals surface area contributed by atoms with Crippen LogP contribution in [0.25, 0.3) is 0 Å². The van der Waals surface area contributed by atoms with Gasteiger partial charge in [0.25, 0.3) is 5.69 Å². The minimum absolute atomic E-state index is 0.0224. The van der Waals surface area contributed by atoms with Gasteiger partial charge in [0, 0.05) is 34.9 Å². The van der Waals surface area contributed by atoms with Crippen LogP contribution in [0.1, 0.15) is 5.56 Å². The first-order valence-corrected chi connectivity index (χ1v) is 6.41. The van der Waals surface area contributed by atoms with Crippen molar-refractivity contribution in [2.45, 2.75) is 6.54 Å². The number of hydrogen-bond acceptors (Lipinski definition) is 4. The number of nitrogens with one attached hydrogen (secondary N) is 1. The third-order valence-electron chi connectivity index (χ3n) is 2.59. The second-order valence-corrected chi connectivity index (χ2v) is 4.95. The monoisotopic (exact) mass is 340 g/mol. The van der Waals surface area contributed by atoms with Gasteiger partial charge in [-0.2, -0.15) is 0 Å². The average molecular weight is 341 g/mol. The summed E-state index contributed by atoms with van der Waals surface area (Å²) in [6.45, 7) is 0.279. The number of nitro groups is 1. The number of nitro benzene ring substituents is 1. The highest BCUT2D eigenvalue weighted by Crippen LogP contribution is 2.27. The van der Waals surface area contributed by atoms with Crippen molar-refractivity contribution in [3.8, 4) is 5.75 Å². The van der Waals surface area contributed by atoms with Crippen LogP contribution in [0, 0.1) is 15.9 Å². The van der Waals surface area contributed by atoms with Gasteiger partial charge >= 0.3 is 0 Å². The van der Waals surface area contributed by atoms with Crippen LogP contribution >= 0.6 is 15.9 Å². The molecule has 2 aromatic rings. The zero-order valence-corrected chi connectivity index (χ0v) is 11.7. The number of hydrogen-bond donors (Lipinski definition) is 2. The number of nitrogens with zero attached hydrogens (tertiary/aromatic N) is 1. The summed E-state index contributed by atoms with van der Waals surface area (Å²) in [5, 5.41) is 22.9. The maximum Gasteiger partial charge on any atom is 0.270 e. The zero-order chi connectivity index (χ0) is 14.7. The fourth-order valence-electron chi connectivity index (χ4n) is 1.69. The maximum absolute atomic E-state index is 13.1. The zero-order valence-electron chi connectivity index (χ0n) is 10.1. The Morgan fingerprint density at radius 2 is 2.05 bits per heavy atom. The van der Waals surface area contributed by atoms with E-state index in [4.69, 9.17) is 0 Å². The summed E-state index contributed by atoms with van der Waals surface area (Å²) in [4.78, 5) is 10.1. The number of anilines is 1. The molecule has 0 aliphatic rings. The lowest BCUT2D eigenvalue weighted by Crippen LogP contribution is -2.01. The van der Waals surface area contributed by atoms with Gasteiger partial charge in [-0.05, 0) is 39.7 Å². The molecular weight excluding hydrogens is 331 g/mol. The highest BCUT2D eigenvalue weighted by atomic mass is 79.9. The standard InChI is InChI=1S/C13H10BrFN2O3/c14-12-6-10(17(19)20)1-2-13(12)16-7-8-3-9(15)5-11(18)4-8/h1-6,16,18H,7H2. The molecule has 0 bridgehead atoms. The SMILES string of the molecule is O=[N+]([O-])c1ccc(NCc2cc(O)cc(F)c2)c(Br)c1. The van der Waals surface area contributed by atoms with Crippen molar-refractivity contribution in [2.75, 3.05) is 5.32 Å². The summed E-state index contributed by atoms with van der Waals surface area (Å²) in [5.41, 5.74) is 1.18. The molecule has 0 unspecified atom stereocenters. The molecule has 0 fully saturated rings. The van der Waals surface area contributed by atoms with Crippen molar-refractivity contribution >= 4 is 27.3 Å². The van der Waals surface area contributed by atoms with Crippen LogP contribution in [0.3, 0.4) is 0 Å². The molecule has 0 radical (unpaired) electrons. The molecule has 0 atom stereocenters. The lowest BCUT2D eigenvalue weighted by atomic mass is 10.2. The van der Waals surface area contributed by atoms with E-state index in [-0.39, 0.29) is 18.0 Å². The number of non-ortho nitro benzene ring substituents is 1. The van der Waals surface area contributed by atoms with Crippen molar-refractivity contribution in [3.63, 3.8) is 0 Å². The van der Waals surface area contributed by atoms with Crippen LogP contribution in [-0.4, -0.2) is 10.0 Å². The minimum Gasteiger partial charge on any atom is -0.508 e. The Morgan fingerprint density at radius 1 is 1.30 bits per heavy atom. The summed E-state index contributed by atoms with van der Waals surface area (Å²) in [5.74, 6) is -0.672. The molecule has 0 saturated heterocycles. The van der Waals surface area contributed by atoms with E-state index >= 15 is 0 Å². The number of rotatable bonds is 4. The molecule has 0 amide bonds. The van der Waals surface area contributed by atoms with Gasteiger partial charge in [-0.1, -0.05) is 0 Å². The van der Waals surface area contributed by atoms with Gasteiger partial charge in [0.15, 0.2) is 0 Å². The van der Waals surface area contributed by atoms with Gasteiger partial charge in [-0.15, -0.1) is 0 Å². The molecule has 20 heavy (non-hydrogen) atoms. The molecule has 5 nitrogen and oxygen atoms in total. The summed E-state index contributed by atoms with van der Waals surface area (Å²) < 4.78 is 13.6. The lowest BCUT2D eigenvalue weighted by Gasteiger charge is -2.09. The van der Waals surface area contributed by atoms with Crippen LogP contribution in [0.15, 0.2) is 40.9 Å². The third kappa shape index (κ3) is 3.45. The maximum atomic E-state index is 13.1. The number of phenols is 1. The van der Waals surface area contributed by atoms with Crippen LogP contribution in [0.4, 0.5) is 15.8 Å². The van der Waals surface area contributed by atoms with E-state index in [1.165, 1.54) is 24.3 Å². The highest BCUT2D eigenvalue weighted by molar-refractivity contribution is 9.10. The predicted octanol–water partition coefficient (Wildman–Crippen LogP) is 3.81. The van der Waals surface area contributed by atoms with Crippen LogP contribution in [0.2, 0.25) is 0 Å². The molecule has 0 spiro atoms. The summed E-state index contributed by atoms with van der Waals surface area (Å²) in [7, 11) is 0. The Bertz CT molecular complexity index is 644. The minimum atomic E-state index is -0.524. The van der Waals surface area contributed by atoms with E-state index in [0.29, 0.717) is 15.7 Å². The molecule has 0 aromatic heterocycles. The number of halogens is 2. The van der Waals surface area contributed by atoms with Crippen molar-refractivity contribution in [1.29, 1.82) is 0 Å². The molecule has 0 saturated carbocycles. The quantitative estimate of drug-likeness (QED) is 0.655. The van der Waals surface area contributed by atoms with Gasteiger partial charge in [-0.3, -0.25) is 10.1 Å². The van der Waals surface area contributed by atoms with Crippen molar-refractivity contribution in [2.24, 2.45) is 0 Å². The number of aromatic hydroxyl groups is 1. The molecule has 7 heteroatoms. The van der Waals surface area contributed by atoms with Crippen LogP contribution < -0.4 is 5.32 Å². The normalized spacial score (nSPS) is 10.3.